The molecule has 5 nitrogen and oxygen atoms in total. The summed E-state index contributed by atoms with van der Waals surface area (Å²) >= 11 is 0. The lowest BCUT2D eigenvalue weighted by atomic mass is 10.0. The molecule has 1 aliphatic carbocycles. The Bertz CT molecular complexity index is 322. The molecule has 1 unspecified atom stereocenters. The fourth-order valence-electron chi connectivity index (χ4n) is 1.97. The van der Waals surface area contributed by atoms with Crippen molar-refractivity contribution in [2.45, 2.75) is 31.7 Å². The van der Waals surface area contributed by atoms with Crippen molar-refractivity contribution in [1.29, 1.82) is 0 Å². The van der Waals surface area contributed by atoms with Gasteiger partial charge in [-0.3, -0.25) is 0 Å². The third-order valence-electron chi connectivity index (χ3n) is 3.23. The molecule has 2 N–H and O–H groups in total. The summed E-state index contributed by atoms with van der Waals surface area (Å²) in [7, 11) is -3.12. The Balaban J connectivity index is 1.61. The second kappa shape index (κ2) is 6.13. The second-order valence-electron chi connectivity index (χ2n) is 4.98. The summed E-state index contributed by atoms with van der Waals surface area (Å²) in [5.41, 5.74) is 0. The topological polar surface area (TPSA) is 67.4 Å². The monoisotopic (exact) mass is 262 g/mol. The number of hydrogen-bond donors (Lipinski definition) is 2. The number of sulfonamides is 1. The van der Waals surface area contributed by atoms with E-state index in [4.69, 9.17) is 4.74 Å². The minimum absolute atomic E-state index is 0.178. The van der Waals surface area contributed by atoms with Gasteiger partial charge in [-0.25, -0.2) is 13.1 Å². The van der Waals surface area contributed by atoms with E-state index < -0.39 is 10.0 Å². The summed E-state index contributed by atoms with van der Waals surface area (Å²) in [4.78, 5) is 0. The Morgan fingerprint density at radius 3 is 2.71 bits per heavy atom. The van der Waals surface area contributed by atoms with Gasteiger partial charge in [0, 0.05) is 25.7 Å². The van der Waals surface area contributed by atoms with Crippen molar-refractivity contribution in [1.82, 2.24) is 10.0 Å². The SMILES string of the molecule is O=S(=O)(CCNC1CC1)NCC1CCCOC1. The zero-order chi connectivity index (χ0) is 12.1. The predicted octanol–water partition coefficient (Wildman–Crippen LogP) is 0.0844. The Labute approximate surface area is 103 Å². The van der Waals surface area contributed by atoms with Crippen molar-refractivity contribution < 1.29 is 13.2 Å². The van der Waals surface area contributed by atoms with Crippen LogP contribution in [0.25, 0.3) is 0 Å². The Hall–Kier alpha value is -0.170. The molecule has 0 bridgehead atoms. The van der Waals surface area contributed by atoms with Crippen molar-refractivity contribution in [3.8, 4) is 0 Å². The van der Waals surface area contributed by atoms with Gasteiger partial charge in [0.25, 0.3) is 0 Å². The highest BCUT2D eigenvalue weighted by Crippen LogP contribution is 2.18. The lowest BCUT2D eigenvalue weighted by Crippen LogP contribution is -2.37. The van der Waals surface area contributed by atoms with Gasteiger partial charge in [0.05, 0.1) is 12.4 Å². The molecule has 2 fully saturated rings. The maximum absolute atomic E-state index is 11.7. The van der Waals surface area contributed by atoms with Gasteiger partial charge in [0.2, 0.25) is 10.0 Å². The molecule has 2 rings (SSSR count). The van der Waals surface area contributed by atoms with Crippen LogP contribution < -0.4 is 10.0 Å². The largest absolute Gasteiger partial charge is 0.381 e. The molecular weight excluding hydrogens is 240 g/mol. The van der Waals surface area contributed by atoms with E-state index in [1.807, 2.05) is 0 Å². The number of hydrogen-bond acceptors (Lipinski definition) is 4. The zero-order valence-corrected chi connectivity index (χ0v) is 11.0. The van der Waals surface area contributed by atoms with Crippen LogP contribution in [-0.2, 0) is 14.8 Å². The normalized spacial score (nSPS) is 26.0. The molecule has 1 heterocycles. The highest BCUT2D eigenvalue weighted by atomic mass is 32.2. The molecule has 0 amide bonds. The zero-order valence-electron chi connectivity index (χ0n) is 10.2. The van der Waals surface area contributed by atoms with Gasteiger partial charge in [0.1, 0.15) is 0 Å². The lowest BCUT2D eigenvalue weighted by Gasteiger charge is -2.22. The van der Waals surface area contributed by atoms with Crippen molar-refractivity contribution in [2.24, 2.45) is 5.92 Å². The molecule has 100 valence electrons. The molecule has 2 aliphatic rings. The average molecular weight is 262 g/mol. The van der Waals surface area contributed by atoms with Gasteiger partial charge in [-0.2, -0.15) is 0 Å². The summed E-state index contributed by atoms with van der Waals surface area (Å²) in [6.45, 7) is 2.57. The van der Waals surface area contributed by atoms with E-state index >= 15 is 0 Å². The summed E-state index contributed by atoms with van der Waals surface area (Å²) < 4.78 is 31.4. The molecule has 0 aromatic carbocycles. The molecule has 1 aliphatic heterocycles. The van der Waals surface area contributed by atoms with Crippen molar-refractivity contribution in [2.75, 3.05) is 32.1 Å². The third-order valence-corrected chi connectivity index (χ3v) is 4.58. The second-order valence-corrected chi connectivity index (χ2v) is 6.91. The average Bonchev–Trinajstić information content (AvgIpc) is 3.12. The number of nitrogens with one attached hydrogen (secondary N) is 2. The van der Waals surface area contributed by atoms with E-state index in [2.05, 4.69) is 10.0 Å². The van der Waals surface area contributed by atoms with E-state index in [1.54, 1.807) is 0 Å². The van der Waals surface area contributed by atoms with E-state index in [0.29, 0.717) is 31.7 Å². The smallest absolute Gasteiger partial charge is 0.212 e. The molecule has 0 aromatic rings. The van der Waals surface area contributed by atoms with Crippen LogP contribution in [0.5, 0.6) is 0 Å². The highest BCUT2D eigenvalue weighted by Gasteiger charge is 2.22. The van der Waals surface area contributed by atoms with Gasteiger partial charge in [0.15, 0.2) is 0 Å². The van der Waals surface area contributed by atoms with Crippen molar-refractivity contribution in [3.05, 3.63) is 0 Å². The highest BCUT2D eigenvalue weighted by molar-refractivity contribution is 7.89. The van der Waals surface area contributed by atoms with Crippen molar-refractivity contribution >= 4 is 10.0 Å². The maximum atomic E-state index is 11.7. The number of rotatable bonds is 7. The van der Waals surface area contributed by atoms with Crippen LogP contribution in [0, 0.1) is 5.92 Å². The molecule has 1 saturated heterocycles. The van der Waals surface area contributed by atoms with Crippen LogP contribution in [0.1, 0.15) is 25.7 Å². The Kier molecular flexibility index (Phi) is 4.78. The lowest BCUT2D eigenvalue weighted by molar-refractivity contribution is 0.0568. The molecule has 1 saturated carbocycles. The van der Waals surface area contributed by atoms with Crippen molar-refractivity contribution in [3.63, 3.8) is 0 Å². The van der Waals surface area contributed by atoms with Crippen LogP contribution in [0.15, 0.2) is 0 Å². The van der Waals surface area contributed by atoms with Gasteiger partial charge >= 0.3 is 0 Å². The fraction of sp³-hybridized carbons (Fsp3) is 1.00. The molecule has 0 radical (unpaired) electrons. The molecule has 6 heteroatoms. The third kappa shape index (κ3) is 5.33. The fourth-order valence-corrected chi connectivity index (χ4v) is 2.99. The molecule has 1 atom stereocenters. The van der Waals surface area contributed by atoms with E-state index in [1.165, 1.54) is 12.8 Å². The quantitative estimate of drug-likeness (QED) is 0.682. The maximum Gasteiger partial charge on any atom is 0.212 e. The summed E-state index contributed by atoms with van der Waals surface area (Å²) in [6.07, 6.45) is 4.47. The van der Waals surface area contributed by atoms with Crippen LogP contribution in [-0.4, -0.2) is 46.5 Å². The van der Waals surface area contributed by atoms with Gasteiger partial charge < -0.3 is 10.1 Å². The van der Waals surface area contributed by atoms with E-state index in [9.17, 15) is 8.42 Å². The van der Waals surface area contributed by atoms with Gasteiger partial charge in [-0.1, -0.05) is 0 Å². The van der Waals surface area contributed by atoms with E-state index in [-0.39, 0.29) is 5.75 Å². The van der Waals surface area contributed by atoms with Crippen LogP contribution in [0.3, 0.4) is 0 Å². The predicted molar refractivity (Wildman–Crippen MR) is 66.4 cm³/mol. The molecule has 17 heavy (non-hydrogen) atoms. The van der Waals surface area contributed by atoms with Gasteiger partial charge in [-0.05, 0) is 31.6 Å². The minimum atomic E-state index is -3.12. The number of ether oxygens (including phenoxy) is 1. The first kappa shape index (κ1) is 13.3. The van der Waals surface area contributed by atoms with Crippen LogP contribution in [0.2, 0.25) is 0 Å². The first-order valence-electron chi connectivity index (χ1n) is 6.44. The summed E-state index contributed by atoms with van der Waals surface area (Å²) in [6, 6.07) is 0.567. The Morgan fingerprint density at radius 2 is 2.06 bits per heavy atom. The molecule has 0 aromatic heterocycles. The van der Waals surface area contributed by atoms with E-state index in [0.717, 1.165) is 19.4 Å². The first-order valence-corrected chi connectivity index (χ1v) is 8.09. The first-order chi connectivity index (χ1) is 8.16. The summed E-state index contributed by atoms with van der Waals surface area (Å²) in [5.74, 6) is 0.520. The molecular formula is C11H22N2O3S. The van der Waals surface area contributed by atoms with Gasteiger partial charge in [-0.15, -0.1) is 0 Å². The molecule has 0 spiro atoms. The summed E-state index contributed by atoms with van der Waals surface area (Å²) in [5, 5.41) is 3.21. The standard InChI is InChI=1S/C11H22N2O3S/c14-17(15,7-5-12-11-3-4-11)13-8-10-2-1-6-16-9-10/h10-13H,1-9H2. The van der Waals surface area contributed by atoms with Crippen LogP contribution in [0.4, 0.5) is 0 Å². The van der Waals surface area contributed by atoms with Crippen LogP contribution >= 0.6 is 0 Å². The minimum Gasteiger partial charge on any atom is -0.381 e. The Morgan fingerprint density at radius 1 is 1.24 bits per heavy atom.